The summed E-state index contributed by atoms with van der Waals surface area (Å²) in [6.45, 7) is 3.50. The van der Waals surface area contributed by atoms with E-state index in [4.69, 9.17) is 5.26 Å². The predicted molar refractivity (Wildman–Crippen MR) is 74.5 cm³/mol. The predicted octanol–water partition coefficient (Wildman–Crippen LogP) is 3.78. The highest BCUT2D eigenvalue weighted by atomic mass is 32.1. The Kier molecular flexibility index (Phi) is 3.35. The molecule has 0 fully saturated rings. The van der Waals surface area contributed by atoms with Gasteiger partial charge in [0.05, 0.1) is 6.07 Å². The zero-order valence-electron chi connectivity index (χ0n) is 10.4. The first kappa shape index (κ1) is 12.6. The number of carbonyl (C=O) groups is 1. The van der Waals surface area contributed by atoms with Gasteiger partial charge in [-0.05, 0) is 48.4 Å². The molecule has 2 rings (SSSR count). The molecule has 92 valence electrons. The minimum absolute atomic E-state index is 0.248. The van der Waals surface area contributed by atoms with Gasteiger partial charge in [0.2, 0.25) is 5.91 Å². The first-order valence-electron chi connectivity index (χ1n) is 5.79. The number of nitriles is 1. The van der Waals surface area contributed by atoms with Gasteiger partial charge >= 0.3 is 0 Å². The molecule has 2 aromatic rings. The van der Waals surface area contributed by atoms with Crippen molar-refractivity contribution in [2.24, 2.45) is 5.41 Å². The van der Waals surface area contributed by atoms with Gasteiger partial charge in [-0.25, -0.2) is 0 Å². The second kappa shape index (κ2) is 4.79. The molecule has 0 spiro atoms. The number of nitrogens with zero attached hydrogens (tertiary/aromatic N) is 1. The summed E-state index contributed by atoms with van der Waals surface area (Å²) < 4.78 is 1.19. The zero-order valence-corrected chi connectivity index (χ0v) is 11.2. The normalized spacial score (nSPS) is 13.8. The summed E-state index contributed by atoms with van der Waals surface area (Å²) in [6, 6.07) is 9.85. The molecule has 1 aromatic heterocycles. The van der Waals surface area contributed by atoms with Crippen LogP contribution in [0.4, 0.5) is 5.69 Å². The van der Waals surface area contributed by atoms with Gasteiger partial charge in [-0.2, -0.15) is 5.26 Å². The highest BCUT2D eigenvalue weighted by Crippen LogP contribution is 2.26. The molecule has 1 N–H and O–H groups in total. The van der Waals surface area contributed by atoms with Gasteiger partial charge in [0, 0.05) is 10.4 Å². The van der Waals surface area contributed by atoms with E-state index in [0.717, 1.165) is 11.1 Å². The second-order valence-corrected chi connectivity index (χ2v) is 5.37. The Hall–Kier alpha value is -1.86. The summed E-state index contributed by atoms with van der Waals surface area (Å²) >= 11 is 1.66. The van der Waals surface area contributed by atoms with Crippen molar-refractivity contribution >= 4 is 33.0 Å². The van der Waals surface area contributed by atoms with Crippen molar-refractivity contribution in [3.8, 4) is 6.07 Å². The topological polar surface area (TPSA) is 52.9 Å². The Balaban J connectivity index is 2.23. The maximum absolute atomic E-state index is 12.0. The van der Waals surface area contributed by atoms with E-state index in [2.05, 4.69) is 11.4 Å². The number of benzene rings is 1. The van der Waals surface area contributed by atoms with Crippen LogP contribution in [0.25, 0.3) is 10.1 Å². The van der Waals surface area contributed by atoms with Crippen molar-refractivity contribution in [1.82, 2.24) is 0 Å². The van der Waals surface area contributed by atoms with Crippen LogP contribution in [0.3, 0.4) is 0 Å². The Morgan fingerprint density at radius 3 is 2.94 bits per heavy atom. The molecule has 1 aromatic carbocycles. The van der Waals surface area contributed by atoms with E-state index < -0.39 is 5.41 Å². The fraction of sp³-hybridized carbons (Fsp3) is 0.286. The van der Waals surface area contributed by atoms with Crippen molar-refractivity contribution in [1.29, 1.82) is 5.26 Å². The lowest BCUT2D eigenvalue weighted by molar-refractivity contribution is -0.122. The van der Waals surface area contributed by atoms with E-state index in [1.807, 2.05) is 36.6 Å². The van der Waals surface area contributed by atoms with Gasteiger partial charge in [-0.15, -0.1) is 11.3 Å². The molecular formula is C14H14N2OS. The van der Waals surface area contributed by atoms with Gasteiger partial charge in [0.15, 0.2) is 0 Å². The van der Waals surface area contributed by atoms with Crippen molar-refractivity contribution in [2.45, 2.75) is 20.3 Å². The first-order valence-corrected chi connectivity index (χ1v) is 6.67. The van der Waals surface area contributed by atoms with E-state index in [1.165, 1.54) is 4.70 Å². The third-order valence-electron chi connectivity index (χ3n) is 3.17. The lowest BCUT2D eigenvalue weighted by atomic mass is 9.88. The SMILES string of the molecule is CCC(C)(C#N)C(=O)Nc1ccc2sccc2c1. The van der Waals surface area contributed by atoms with Crippen LogP contribution < -0.4 is 5.32 Å². The minimum Gasteiger partial charge on any atom is -0.325 e. The summed E-state index contributed by atoms with van der Waals surface area (Å²) in [5.41, 5.74) is -0.232. The Labute approximate surface area is 110 Å². The number of amides is 1. The van der Waals surface area contributed by atoms with Gasteiger partial charge in [-0.3, -0.25) is 4.79 Å². The number of nitrogens with one attached hydrogen (secondary N) is 1. The fourth-order valence-electron chi connectivity index (χ4n) is 1.60. The van der Waals surface area contributed by atoms with Gasteiger partial charge in [-0.1, -0.05) is 6.92 Å². The molecule has 0 saturated heterocycles. The summed E-state index contributed by atoms with van der Waals surface area (Å²) in [6.07, 6.45) is 0.496. The molecule has 0 aliphatic carbocycles. The average Bonchev–Trinajstić information content (AvgIpc) is 2.85. The molecule has 0 radical (unpaired) electrons. The molecule has 3 nitrogen and oxygen atoms in total. The number of fused-ring (bicyclic) bond motifs is 1. The Morgan fingerprint density at radius 1 is 1.50 bits per heavy atom. The van der Waals surface area contributed by atoms with E-state index >= 15 is 0 Å². The van der Waals surface area contributed by atoms with Crippen molar-refractivity contribution < 1.29 is 4.79 Å². The summed E-state index contributed by atoms with van der Waals surface area (Å²) in [7, 11) is 0. The van der Waals surface area contributed by atoms with Crippen LogP contribution >= 0.6 is 11.3 Å². The molecule has 18 heavy (non-hydrogen) atoms. The molecule has 0 aliphatic heterocycles. The standard InChI is InChI=1S/C14H14N2OS/c1-3-14(2,9-15)13(17)16-11-4-5-12-10(8-11)6-7-18-12/h4-8H,3H2,1-2H3,(H,16,17). The maximum Gasteiger partial charge on any atom is 0.244 e. The van der Waals surface area contributed by atoms with E-state index in [9.17, 15) is 4.79 Å². The third-order valence-corrected chi connectivity index (χ3v) is 4.06. The van der Waals surface area contributed by atoms with Gasteiger partial charge < -0.3 is 5.32 Å². The molecular weight excluding hydrogens is 244 g/mol. The number of hydrogen-bond acceptors (Lipinski definition) is 3. The number of thiophene rings is 1. The quantitative estimate of drug-likeness (QED) is 0.910. The maximum atomic E-state index is 12.0. The van der Waals surface area contributed by atoms with Crippen molar-refractivity contribution in [3.05, 3.63) is 29.6 Å². The van der Waals surface area contributed by atoms with Crippen LogP contribution in [-0.2, 0) is 4.79 Å². The van der Waals surface area contributed by atoms with E-state index in [1.54, 1.807) is 18.3 Å². The van der Waals surface area contributed by atoms with Gasteiger partial charge in [0.1, 0.15) is 5.41 Å². The fourth-order valence-corrected chi connectivity index (χ4v) is 2.37. The lowest BCUT2D eigenvalue weighted by Crippen LogP contribution is -2.31. The minimum atomic E-state index is -0.969. The number of rotatable bonds is 3. The molecule has 1 unspecified atom stereocenters. The molecule has 1 amide bonds. The number of hydrogen-bond donors (Lipinski definition) is 1. The Bertz CT molecular complexity index is 626. The second-order valence-electron chi connectivity index (χ2n) is 4.42. The Morgan fingerprint density at radius 2 is 2.28 bits per heavy atom. The number of carbonyl (C=O) groups excluding carboxylic acids is 1. The van der Waals surface area contributed by atoms with E-state index in [-0.39, 0.29) is 5.91 Å². The zero-order chi connectivity index (χ0) is 13.2. The molecule has 0 aliphatic rings. The lowest BCUT2D eigenvalue weighted by Gasteiger charge is -2.18. The summed E-state index contributed by atoms with van der Waals surface area (Å²) in [5.74, 6) is -0.248. The highest BCUT2D eigenvalue weighted by molar-refractivity contribution is 7.17. The van der Waals surface area contributed by atoms with Crippen molar-refractivity contribution in [2.75, 3.05) is 5.32 Å². The smallest absolute Gasteiger partial charge is 0.244 e. The monoisotopic (exact) mass is 258 g/mol. The van der Waals surface area contributed by atoms with Crippen LogP contribution in [0.1, 0.15) is 20.3 Å². The molecule has 0 saturated carbocycles. The van der Waals surface area contributed by atoms with Crippen molar-refractivity contribution in [3.63, 3.8) is 0 Å². The van der Waals surface area contributed by atoms with E-state index in [0.29, 0.717) is 6.42 Å². The number of anilines is 1. The largest absolute Gasteiger partial charge is 0.325 e. The highest BCUT2D eigenvalue weighted by Gasteiger charge is 2.31. The average molecular weight is 258 g/mol. The van der Waals surface area contributed by atoms with Crippen LogP contribution in [-0.4, -0.2) is 5.91 Å². The third kappa shape index (κ3) is 2.22. The van der Waals surface area contributed by atoms with Crippen LogP contribution in [0, 0.1) is 16.7 Å². The van der Waals surface area contributed by atoms with Crippen LogP contribution in [0.5, 0.6) is 0 Å². The molecule has 4 heteroatoms. The van der Waals surface area contributed by atoms with Crippen LogP contribution in [0.2, 0.25) is 0 Å². The summed E-state index contributed by atoms with van der Waals surface area (Å²) in [5, 5.41) is 15.0. The summed E-state index contributed by atoms with van der Waals surface area (Å²) in [4.78, 5) is 12.0. The van der Waals surface area contributed by atoms with Gasteiger partial charge in [0.25, 0.3) is 0 Å². The molecule has 1 heterocycles. The van der Waals surface area contributed by atoms with Crippen LogP contribution in [0.15, 0.2) is 29.6 Å². The molecule has 1 atom stereocenters. The first-order chi connectivity index (χ1) is 8.59. The molecule has 0 bridgehead atoms.